The molecule has 6 nitrogen and oxygen atoms in total. The van der Waals surface area contributed by atoms with Crippen molar-refractivity contribution in [1.82, 2.24) is 15.2 Å². The molecule has 1 aliphatic heterocycles. The number of likely N-dealkylation sites (tertiary alicyclic amines) is 1. The van der Waals surface area contributed by atoms with Crippen molar-refractivity contribution in [2.75, 3.05) is 26.7 Å². The summed E-state index contributed by atoms with van der Waals surface area (Å²) in [6.07, 6.45) is 3.15. The minimum Gasteiger partial charge on any atom is -0.489 e. The summed E-state index contributed by atoms with van der Waals surface area (Å²) in [7, 11) is 1.76. The number of rotatable bonds is 4. The van der Waals surface area contributed by atoms with Crippen LogP contribution in [0, 0.1) is 0 Å². The van der Waals surface area contributed by atoms with E-state index in [4.69, 9.17) is 16.3 Å². The van der Waals surface area contributed by atoms with Crippen LogP contribution in [0.4, 0.5) is 0 Å². The lowest BCUT2D eigenvalue weighted by molar-refractivity contribution is -0.131. The van der Waals surface area contributed by atoms with Crippen molar-refractivity contribution in [1.29, 1.82) is 0 Å². The van der Waals surface area contributed by atoms with Crippen LogP contribution in [0.3, 0.4) is 0 Å². The van der Waals surface area contributed by atoms with Gasteiger partial charge in [-0.2, -0.15) is 0 Å². The Morgan fingerprint density at radius 3 is 2.80 bits per heavy atom. The van der Waals surface area contributed by atoms with E-state index in [1.54, 1.807) is 25.4 Å². The Labute approximate surface area is 156 Å². The number of piperidine rings is 1. The normalized spacial score (nSPS) is 15.0. The van der Waals surface area contributed by atoms with E-state index in [-0.39, 0.29) is 30.0 Å². The minimum atomic E-state index is -0.169. The highest BCUT2D eigenvalue weighted by molar-refractivity contribution is 6.32. The van der Waals surface area contributed by atoms with Crippen molar-refractivity contribution < 1.29 is 9.53 Å². The molecule has 0 radical (unpaired) electrons. The summed E-state index contributed by atoms with van der Waals surface area (Å²) in [5.41, 5.74) is -0.169. The second-order valence-corrected chi connectivity index (χ2v) is 6.31. The van der Waals surface area contributed by atoms with Crippen molar-refractivity contribution >= 4 is 40.7 Å². The first-order chi connectivity index (χ1) is 11.6. The van der Waals surface area contributed by atoms with Crippen molar-refractivity contribution in [3.8, 4) is 5.75 Å². The van der Waals surface area contributed by atoms with Crippen LogP contribution in [0.1, 0.15) is 12.8 Å². The fourth-order valence-corrected chi connectivity index (χ4v) is 3.15. The van der Waals surface area contributed by atoms with Crippen molar-refractivity contribution in [2.24, 2.45) is 0 Å². The number of hydrogen-bond donors (Lipinski definition) is 2. The van der Waals surface area contributed by atoms with E-state index in [0.29, 0.717) is 35.8 Å². The van der Waals surface area contributed by atoms with Gasteiger partial charge in [0, 0.05) is 37.5 Å². The van der Waals surface area contributed by atoms with Gasteiger partial charge in [-0.25, -0.2) is 0 Å². The minimum absolute atomic E-state index is 0. The second kappa shape index (κ2) is 8.56. The molecule has 0 aliphatic carbocycles. The molecule has 3 rings (SSSR count). The predicted octanol–water partition coefficient (Wildman–Crippen LogP) is 2.19. The first-order valence-corrected chi connectivity index (χ1v) is 8.36. The van der Waals surface area contributed by atoms with Crippen LogP contribution in [0.5, 0.6) is 5.75 Å². The maximum absolute atomic E-state index is 11.9. The number of pyridine rings is 1. The van der Waals surface area contributed by atoms with Crippen molar-refractivity contribution in [3.05, 3.63) is 39.8 Å². The number of hydrogen-bond acceptors (Lipinski definition) is 4. The highest BCUT2D eigenvalue weighted by Gasteiger charge is 2.24. The van der Waals surface area contributed by atoms with Gasteiger partial charge in [0.15, 0.2) is 0 Å². The first-order valence-electron chi connectivity index (χ1n) is 7.98. The van der Waals surface area contributed by atoms with E-state index in [1.807, 2.05) is 11.0 Å². The number of carbonyl (C=O) groups is 1. The molecule has 1 saturated heterocycles. The summed E-state index contributed by atoms with van der Waals surface area (Å²) in [6.45, 7) is 1.71. The number of likely N-dealkylation sites (N-methyl/N-ethyl adjacent to an activating group) is 1. The zero-order chi connectivity index (χ0) is 17.1. The van der Waals surface area contributed by atoms with Crippen LogP contribution in [-0.4, -0.2) is 48.6 Å². The molecule has 0 unspecified atom stereocenters. The number of nitrogens with zero attached hydrogens (tertiary/aromatic N) is 1. The van der Waals surface area contributed by atoms with Crippen LogP contribution in [-0.2, 0) is 4.79 Å². The van der Waals surface area contributed by atoms with Crippen molar-refractivity contribution in [2.45, 2.75) is 18.9 Å². The van der Waals surface area contributed by atoms with E-state index in [2.05, 4.69) is 10.3 Å². The molecule has 0 atom stereocenters. The number of fused-ring (bicyclic) bond motifs is 1. The molecule has 2 aromatic rings. The van der Waals surface area contributed by atoms with E-state index in [1.165, 1.54) is 0 Å². The summed E-state index contributed by atoms with van der Waals surface area (Å²) in [4.78, 5) is 28.1. The Morgan fingerprint density at radius 1 is 1.40 bits per heavy atom. The maximum Gasteiger partial charge on any atom is 0.255 e. The Bertz CT molecular complexity index is 801. The summed E-state index contributed by atoms with van der Waals surface area (Å²) < 4.78 is 6.02. The van der Waals surface area contributed by atoms with Gasteiger partial charge in [-0.05, 0) is 30.6 Å². The van der Waals surface area contributed by atoms with Gasteiger partial charge in [-0.15, -0.1) is 12.4 Å². The maximum atomic E-state index is 11.9. The number of amides is 1. The van der Waals surface area contributed by atoms with Gasteiger partial charge >= 0.3 is 0 Å². The molecule has 1 fully saturated rings. The Morgan fingerprint density at radius 2 is 2.12 bits per heavy atom. The van der Waals surface area contributed by atoms with Gasteiger partial charge < -0.3 is 19.9 Å². The topological polar surface area (TPSA) is 74.4 Å². The average molecular weight is 386 g/mol. The monoisotopic (exact) mass is 385 g/mol. The zero-order valence-corrected chi connectivity index (χ0v) is 15.5. The number of benzene rings is 1. The number of aromatic amines is 1. The molecular formula is C17H21Cl2N3O3. The fraction of sp³-hybridized carbons (Fsp3) is 0.412. The highest BCUT2D eigenvalue weighted by Crippen LogP contribution is 2.30. The Hall–Kier alpha value is -1.76. The quantitative estimate of drug-likeness (QED) is 0.845. The van der Waals surface area contributed by atoms with Gasteiger partial charge in [-0.3, -0.25) is 9.59 Å². The van der Waals surface area contributed by atoms with Crippen LogP contribution in [0.2, 0.25) is 5.02 Å². The Balaban J connectivity index is 0.00000225. The Kier molecular flexibility index (Phi) is 6.70. The molecule has 0 bridgehead atoms. The van der Waals surface area contributed by atoms with E-state index in [0.717, 1.165) is 18.2 Å². The smallest absolute Gasteiger partial charge is 0.255 e. The molecule has 1 aromatic carbocycles. The summed E-state index contributed by atoms with van der Waals surface area (Å²) in [6, 6.07) is 5.25. The largest absolute Gasteiger partial charge is 0.489 e. The number of carbonyl (C=O) groups excluding carboxylic acids is 1. The van der Waals surface area contributed by atoms with Crippen LogP contribution in [0.25, 0.3) is 10.8 Å². The van der Waals surface area contributed by atoms with E-state index < -0.39 is 0 Å². The fourth-order valence-electron chi connectivity index (χ4n) is 2.94. The standard InChI is InChI=1S/C17H20ClN3O3.ClH/c1-19-10-16(22)21-6-3-12(4-7-21)24-15-8-11-2-5-20-17(23)13(11)9-14(15)18;/h2,5,8-9,12,19H,3-4,6-7,10H2,1H3,(H,20,23);1H. The van der Waals surface area contributed by atoms with Crippen LogP contribution < -0.4 is 15.6 Å². The molecular weight excluding hydrogens is 365 g/mol. The summed E-state index contributed by atoms with van der Waals surface area (Å²) in [5.74, 6) is 0.689. The lowest BCUT2D eigenvalue weighted by Crippen LogP contribution is -2.44. The van der Waals surface area contributed by atoms with E-state index in [9.17, 15) is 9.59 Å². The number of H-pyrrole nitrogens is 1. The SMILES string of the molecule is CNCC(=O)N1CCC(Oc2cc3cc[nH]c(=O)c3cc2Cl)CC1.Cl. The summed E-state index contributed by atoms with van der Waals surface area (Å²) in [5, 5.41) is 4.64. The van der Waals surface area contributed by atoms with Crippen LogP contribution >= 0.6 is 24.0 Å². The first kappa shape index (κ1) is 19.6. The predicted molar refractivity (Wildman–Crippen MR) is 101 cm³/mol. The molecule has 25 heavy (non-hydrogen) atoms. The molecule has 1 aromatic heterocycles. The van der Waals surface area contributed by atoms with Gasteiger partial charge in [0.05, 0.1) is 11.6 Å². The lowest BCUT2D eigenvalue weighted by Gasteiger charge is -2.32. The van der Waals surface area contributed by atoms with Crippen molar-refractivity contribution in [3.63, 3.8) is 0 Å². The molecule has 136 valence electrons. The molecule has 2 N–H and O–H groups in total. The molecule has 8 heteroatoms. The lowest BCUT2D eigenvalue weighted by atomic mass is 10.1. The molecule has 0 spiro atoms. The van der Waals surface area contributed by atoms with Gasteiger partial charge in [0.2, 0.25) is 5.91 Å². The molecule has 2 heterocycles. The third-order valence-electron chi connectivity index (χ3n) is 4.24. The second-order valence-electron chi connectivity index (χ2n) is 5.91. The number of halogens is 2. The van der Waals surface area contributed by atoms with Gasteiger partial charge in [-0.1, -0.05) is 11.6 Å². The summed E-state index contributed by atoms with van der Waals surface area (Å²) >= 11 is 6.26. The van der Waals surface area contributed by atoms with Gasteiger partial charge in [0.1, 0.15) is 11.9 Å². The van der Waals surface area contributed by atoms with Crippen LogP contribution in [0.15, 0.2) is 29.2 Å². The molecule has 1 amide bonds. The number of nitrogens with one attached hydrogen (secondary N) is 2. The van der Waals surface area contributed by atoms with E-state index >= 15 is 0 Å². The number of aromatic nitrogens is 1. The third-order valence-corrected chi connectivity index (χ3v) is 4.54. The third kappa shape index (κ3) is 4.45. The van der Waals surface area contributed by atoms with Gasteiger partial charge in [0.25, 0.3) is 5.56 Å². The molecule has 1 aliphatic rings. The molecule has 0 saturated carbocycles. The highest BCUT2D eigenvalue weighted by atomic mass is 35.5. The number of ether oxygens (including phenoxy) is 1. The average Bonchev–Trinajstić information content (AvgIpc) is 2.57. The zero-order valence-electron chi connectivity index (χ0n) is 13.9.